The van der Waals surface area contributed by atoms with E-state index in [1.54, 1.807) is 10.6 Å². The van der Waals surface area contributed by atoms with Crippen molar-refractivity contribution in [2.75, 3.05) is 13.7 Å². The van der Waals surface area contributed by atoms with E-state index in [1.807, 2.05) is 20.0 Å². The number of rotatable bonds is 8. The maximum absolute atomic E-state index is 11.9. The Kier molecular flexibility index (Phi) is 6.23. The van der Waals surface area contributed by atoms with Gasteiger partial charge in [-0.25, -0.2) is 9.78 Å². The van der Waals surface area contributed by atoms with E-state index in [9.17, 15) is 4.79 Å². The number of carbonyl (C=O) groups excluding carboxylic acids is 1. The van der Waals surface area contributed by atoms with Crippen LogP contribution in [0.5, 0.6) is 5.88 Å². The first kappa shape index (κ1) is 17.6. The molecule has 2 aromatic heterocycles. The highest BCUT2D eigenvalue weighted by molar-refractivity contribution is 7.75. The van der Waals surface area contributed by atoms with Gasteiger partial charge in [0.05, 0.1) is 25.5 Å². The van der Waals surface area contributed by atoms with Gasteiger partial charge >= 0.3 is 5.97 Å². The molecule has 0 N–H and O–H groups in total. The number of aromatic nitrogens is 3. The maximum Gasteiger partial charge on any atom is 0.344 e. The summed E-state index contributed by atoms with van der Waals surface area (Å²) in [5, 5.41) is 0. The van der Waals surface area contributed by atoms with E-state index in [0.29, 0.717) is 12.4 Å². The van der Waals surface area contributed by atoms with Crippen molar-refractivity contribution in [2.45, 2.75) is 39.2 Å². The van der Waals surface area contributed by atoms with Crippen LogP contribution in [0.15, 0.2) is 12.4 Å². The molecule has 0 saturated carbocycles. The van der Waals surface area contributed by atoms with Crippen LogP contribution in [0.4, 0.5) is 0 Å². The number of esters is 1. The minimum absolute atomic E-state index is 0.107. The predicted octanol–water partition coefficient (Wildman–Crippen LogP) is 2.49. The third kappa shape index (κ3) is 4.59. The van der Waals surface area contributed by atoms with Crippen molar-refractivity contribution in [1.82, 2.24) is 14.4 Å². The molecule has 2 rings (SSSR count). The number of ether oxygens (including phenoxy) is 2. The summed E-state index contributed by atoms with van der Waals surface area (Å²) < 4.78 is 16.8. The Morgan fingerprint density at radius 2 is 2.09 bits per heavy atom. The van der Waals surface area contributed by atoms with Gasteiger partial charge < -0.3 is 13.7 Å². The number of aryl methyl sites for hydroxylation is 1. The lowest BCUT2D eigenvalue weighted by atomic mass is 10.2. The zero-order chi connectivity index (χ0) is 16.8. The van der Waals surface area contributed by atoms with Crippen molar-refractivity contribution in [3.8, 4) is 5.88 Å². The van der Waals surface area contributed by atoms with Crippen LogP contribution < -0.4 is 4.74 Å². The SMILES string of the molecule is COC(=O)c1cn2cc(CCCCOS)nc2nc1OC(C)C. The summed E-state index contributed by atoms with van der Waals surface area (Å²) in [5.41, 5.74) is 1.18. The average Bonchev–Trinajstić information content (AvgIpc) is 2.91. The molecule has 0 saturated heterocycles. The number of imidazole rings is 1. The topological polar surface area (TPSA) is 75.0 Å². The van der Waals surface area contributed by atoms with Crippen molar-refractivity contribution in [3.05, 3.63) is 23.7 Å². The van der Waals surface area contributed by atoms with Crippen LogP contribution in [0.1, 0.15) is 42.7 Å². The lowest BCUT2D eigenvalue weighted by molar-refractivity contribution is 0.0592. The van der Waals surface area contributed by atoms with E-state index in [2.05, 4.69) is 22.9 Å². The Hall–Kier alpha value is -1.80. The molecular weight excluding hydrogens is 318 g/mol. The van der Waals surface area contributed by atoms with Gasteiger partial charge in [0.1, 0.15) is 5.56 Å². The fraction of sp³-hybridized carbons (Fsp3) is 0.533. The standard InChI is InChI=1S/C15H21N3O4S/c1-10(2)22-13-12(14(19)20-3)9-18-8-11(16-15(18)17-13)6-4-5-7-21-23/h8-10,23H,4-7H2,1-3H3. The molecule has 0 radical (unpaired) electrons. The van der Waals surface area contributed by atoms with Gasteiger partial charge in [0, 0.05) is 12.4 Å². The second-order valence-electron chi connectivity index (χ2n) is 5.35. The molecule has 0 amide bonds. The summed E-state index contributed by atoms with van der Waals surface area (Å²) in [6.45, 7) is 4.34. The Morgan fingerprint density at radius 3 is 2.74 bits per heavy atom. The molecule has 0 aliphatic heterocycles. The van der Waals surface area contributed by atoms with Crippen molar-refractivity contribution in [3.63, 3.8) is 0 Å². The first-order valence-corrected chi connectivity index (χ1v) is 7.81. The van der Waals surface area contributed by atoms with Crippen LogP contribution in [0.2, 0.25) is 0 Å². The number of unbranched alkanes of at least 4 members (excludes halogenated alkanes) is 1. The number of hydrogen-bond donors (Lipinski definition) is 1. The number of methoxy groups -OCH3 is 1. The van der Waals surface area contributed by atoms with Crippen LogP contribution in [-0.4, -0.2) is 40.2 Å². The number of carbonyl (C=O) groups is 1. The zero-order valence-electron chi connectivity index (χ0n) is 13.5. The fourth-order valence-corrected chi connectivity index (χ4v) is 2.24. The van der Waals surface area contributed by atoms with E-state index in [-0.39, 0.29) is 17.5 Å². The molecule has 23 heavy (non-hydrogen) atoms. The fourth-order valence-electron chi connectivity index (χ4n) is 2.11. The lowest BCUT2D eigenvalue weighted by Gasteiger charge is -2.11. The van der Waals surface area contributed by atoms with Crippen LogP contribution >= 0.6 is 12.9 Å². The number of fused-ring (bicyclic) bond motifs is 1. The third-order valence-corrected chi connectivity index (χ3v) is 3.32. The van der Waals surface area contributed by atoms with E-state index in [0.717, 1.165) is 25.0 Å². The summed E-state index contributed by atoms with van der Waals surface area (Å²) >= 11 is 3.71. The minimum Gasteiger partial charge on any atom is -0.474 e. The van der Waals surface area contributed by atoms with Crippen LogP contribution in [0.25, 0.3) is 5.78 Å². The van der Waals surface area contributed by atoms with E-state index >= 15 is 0 Å². The molecule has 0 aliphatic rings. The van der Waals surface area contributed by atoms with Crippen LogP contribution in [0.3, 0.4) is 0 Å². The number of hydrogen-bond acceptors (Lipinski definition) is 7. The molecular formula is C15H21N3O4S. The van der Waals surface area contributed by atoms with Crippen molar-refractivity contribution in [1.29, 1.82) is 0 Å². The van der Waals surface area contributed by atoms with Crippen molar-refractivity contribution >= 4 is 24.7 Å². The van der Waals surface area contributed by atoms with Gasteiger partial charge in [-0.15, -0.1) is 0 Å². The highest BCUT2D eigenvalue weighted by atomic mass is 32.1. The smallest absolute Gasteiger partial charge is 0.344 e. The molecule has 0 aliphatic carbocycles. The Labute approximate surface area is 140 Å². The third-order valence-electron chi connectivity index (χ3n) is 3.13. The van der Waals surface area contributed by atoms with Crippen molar-refractivity contribution in [2.24, 2.45) is 0 Å². The first-order valence-electron chi connectivity index (χ1n) is 7.45. The molecule has 0 atom stereocenters. The van der Waals surface area contributed by atoms with E-state index in [1.165, 1.54) is 7.11 Å². The molecule has 126 valence electrons. The first-order chi connectivity index (χ1) is 11.0. The molecule has 0 bridgehead atoms. The largest absolute Gasteiger partial charge is 0.474 e. The minimum atomic E-state index is -0.490. The Balaban J connectivity index is 2.28. The molecule has 2 aromatic rings. The predicted molar refractivity (Wildman–Crippen MR) is 88.0 cm³/mol. The molecule has 0 unspecified atom stereocenters. The monoisotopic (exact) mass is 339 g/mol. The van der Waals surface area contributed by atoms with E-state index in [4.69, 9.17) is 13.7 Å². The lowest BCUT2D eigenvalue weighted by Crippen LogP contribution is -2.13. The molecule has 7 nitrogen and oxygen atoms in total. The molecule has 2 heterocycles. The second kappa shape index (κ2) is 8.16. The van der Waals surface area contributed by atoms with Crippen LogP contribution in [-0.2, 0) is 15.3 Å². The molecule has 0 aromatic carbocycles. The average molecular weight is 339 g/mol. The van der Waals surface area contributed by atoms with Gasteiger partial charge in [-0.2, -0.15) is 4.98 Å². The molecule has 0 spiro atoms. The van der Waals surface area contributed by atoms with Gasteiger partial charge in [0.2, 0.25) is 11.7 Å². The summed E-state index contributed by atoms with van der Waals surface area (Å²) in [5.74, 6) is 0.241. The van der Waals surface area contributed by atoms with Gasteiger partial charge in [0.15, 0.2) is 0 Å². The number of nitrogens with zero attached hydrogens (tertiary/aromatic N) is 3. The van der Waals surface area contributed by atoms with Gasteiger partial charge in [-0.3, -0.25) is 4.40 Å². The summed E-state index contributed by atoms with van der Waals surface area (Å²) in [4.78, 5) is 20.7. The highest BCUT2D eigenvalue weighted by Crippen LogP contribution is 2.20. The van der Waals surface area contributed by atoms with Gasteiger partial charge in [0.25, 0.3) is 0 Å². The van der Waals surface area contributed by atoms with Gasteiger partial charge in [-0.05, 0) is 46.0 Å². The molecule has 8 heteroatoms. The highest BCUT2D eigenvalue weighted by Gasteiger charge is 2.18. The van der Waals surface area contributed by atoms with E-state index < -0.39 is 5.97 Å². The quantitative estimate of drug-likeness (QED) is 0.345. The Morgan fingerprint density at radius 1 is 1.30 bits per heavy atom. The zero-order valence-corrected chi connectivity index (χ0v) is 14.4. The van der Waals surface area contributed by atoms with Crippen molar-refractivity contribution < 1.29 is 18.5 Å². The normalized spacial score (nSPS) is 11.2. The number of thiol groups is 1. The summed E-state index contributed by atoms with van der Waals surface area (Å²) in [6.07, 6.45) is 6.02. The summed E-state index contributed by atoms with van der Waals surface area (Å²) in [7, 11) is 1.33. The summed E-state index contributed by atoms with van der Waals surface area (Å²) in [6, 6.07) is 0. The second-order valence-corrected chi connectivity index (χ2v) is 5.61. The molecule has 0 fully saturated rings. The van der Waals surface area contributed by atoms with Crippen LogP contribution in [0, 0.1) is 0 Å². The van der Waals surface area contributed by atoms with Gasteiger partial charge in [-0.1, -0.05) is 0 Å². The Bertz CT molecular complexity index is 672. The maximum atomic E-state index is 11.9.